The van der Waals surface area contributed by atoms with Crippen molar-refractivity contribution in [3.05, 3.63) is 34.7 Å². The minimum Gasteiger partial charge on any atom is -0.478 e. The number of aliphatic hydroxyl groups excluding tert-OH is 1. The maximum absolute atomic E-state index is 10.8. The zero-order valence-corrected chi connectivity index (χ0v) is 7.40. The molecule has 0 atom stereocenters. The van der Waals surface area contributed by atoms with Crippen LogP contribution in [0.15, 0.2) is 17.8 Å². The Hall–Kier alpha value is -1.68. The molecule has 2 rings (SSSR count). The SMILES string of the molecule is O=C(O)c1ccnc2c1CC(CO)=C2. The van der Waals surface area contributed by atoms with E-state index in [-0.39, 0.29) is 12.2 Å². The number of hydrogen-bond acceptors (Lipinski definition) is 3. The van der Waals surface area contributed by atoms with Crippen molar-refractivity contribution in [2.45, 2.75) is 6.42 Å². The van der Waals surface area contributed by atoms with Crippen LogP contribution in [0.3, 0.4) is 0 Å². The molecule has 4 nitrogen and oxygen atoms in total. The van der Waals surface area contributed by atoms with Crippen molar-refractivity contribution < 1.29 is 15.0 Å². The highest BCUT2D eigenvalue weighted by atomic mass is 16.4. The van der Waals surface area contributed by atoms with Crippen LogP contribution in [-0.2, 0) is 6.42 Å². The molecule has 1 aliphatic carbocycles. The van der Waals surface area contributed by atoms with E-state index in [9.17, 15) is 4.79 Å². The molecule has 0 bridgehead atoms. The fraction of sp³-hybridized carbons (Fsp3) is 0.200. The molecule has 0 saturated heterocycles. The molecule has 1 aliphatic rings. The van der Waals surface area contributed by atoms with E-state index in [1.54, 1.807) is 6.08 Å². The first-order chi connectivity index (χ1) is 6.72. The Morgan fingerprint density at radius 2 is 2.36 bits per heavy atom. The van der Waals surface area contributed by atoms with E-state index in [0.717, 1.165) is 5.57 Å². The van der Waals surface area contributed by atoms with Gasteiger partial charge in [0.05, 0.1) is 17.9 Å². The summed E-state index contributed by atoms with van der Waals surface area (Å²) in [5.41, 5.74) is 2.44. The topological polar surface area (TPSA) is 70.4 Å². The lowest BCUT2D eigenvalue weighted by molar-refractivity contribution is 0.0695. The molecular formula is C10H9NO3. The predicted molar refractivity (Wildman–Crippen MR) is 50.0 cm³/mol. The van der Waals surface area contributed by atoms with E-state index in [4.69, 9.17) is 10.2 Å². The molecule has 0 unspecified atom stereocenters. The second-order valence-electron chi connectivity index (χ2n) is 3.16. The van der Waals surface area contributed by atoms with Crippen LogP contribution >= 0.6 is 0 Å². The molecular weight excluding hydrogens is 182 g/mol. The molecule has 0 amide bonds. The lowest BCUT2D eigenvalue weighted by atomic mass is 10.1. The number of aliphatic hydroxyl groups is 1. The first-order valence-electron chi connectivity index (χ1n) is 4.24. The van der Waals surface area contributed by atoms with E-state index in [2.05, 4.69) is 4.98 Å². The second-order valence-corrected chi connectivity index (χ2v) is 3.16. The van der Waals surface area contributed by atoms with Crippen molar-refractivity contribution in [1.82, 2.24) is 4.98 Å². The summed E-state index contributed by atoms with van der Waals surface area (Å²) < 4.78 is 0. The fourth-order valence-corrected chi connectivity index (χ4v) is 1.59. The Morgan fingerprint density at radius 3 is 3.00 bits per heavy atom. The molecule has 1 aromatic rings. The van der Waals surface area contributed by atoms with Crippen LogP contribution in [0.4, 0.5) is 0 Å². The van der Waals surface area contributed by atoms with Crippen LogP contribution in [0.5, 0.6) is 0 Å². The van der Waals surface area contributed by atoms with Crippen molar-refractivity contribution in [2.75, 3.05) is 6.61 Å². The number of pyridine rings is 1. The number of carbonyl (C=O) groups is 1. The number of fused-ring (bicyclic) bond motifs is 1. The third kappa shape index (κ3) is 1.29. The molecule has 1 aromatic heterocycles. The van der Waals surface area contributed by atoms with Crippen LogP contribution < -0.4 is 0 Å². The summed E-state index contributed by atoms with van der Waals surface area (Å²) in [6.07, 6.45) is 3.70. The molecule has 0 saturated carbocycles. The molecule has 0 aromatic carbocycles. The Labute approximate surface area is 80.5 Å². The molecule has 0 aliphatic heterocycles. The van der Waals surface area contributed by atoms with Crippen molar-refractivity contribution in [2.24, 2.45) is 0 Å². The van der Waals surface area contributed by atoms with Crippen LogP contribution in [0, 0.1) is 0 Å². The molecule has 1 heterocycles. The van der Waals surface area contributed by atoms with Gasteiger partial charge in [-0.3, -0.25) is 4.98 Å². The summed E-state index contributed by atoms with van der Waals surface area (Å²) in [6.45, 7) is -0.0462. The highest BCUT2D eigenvalue weighted by molar-refractivity contribution is 5.91. The third-order valence-corrected chi connectivity index (χ3v) is 2.27. The summed E-state index contributed by atoms with van der Waals surface area (Å²) in [6, 6.07) is 1.48. The standard InChI is InChI=1S/C10H9NO3/c12-5-6-3-8-7(10(13)14)1-2-11-9(8)4-6/h1-2,4,12H,3,5H2,(H,13,14). The van der Waals surface area contributed by atoms with Gasteiger partial charge in [-0.25, -0.2) is 4.79 Å². The van der Waals surface area contributed by atoms with Gasteiger partial charge in [-0.1, -0.05) is 0 Å². The monoisotopic (exact) mass is 191 g/mol. The number of carboxylic acids is 1. The average Bonchev–Trinajstić information content (AvgIpc) is 2.59. The van der Waals surface area contributed by atoms with E-state index >= 15 is 0 Å². The molecule has 0 fully saturated rings. The largest absolute Gasteiger partial charge is 0.478 e. The molecule has 4 heteroatoms. The summed E-state index contributed by atoms with van der Waals surface area (Å²) in [5, 5.41) is 17.8. The van der Waals surface area contributed by atoms with Crippen molar-refractivity contribution >= 4 is 12.0 Å². The highest BCUT2D eigenvalue weighted by Crippen LogP contribution is 2.25. The normalized spacial score (nSPS) is 13.6. The lowest BCUT2D eigenvalue weighted by Crippen LogP contribution is -2.03. The van der Waals surface area contributed by atoms with E-state index in [1.807, 2.05) is 0 Å². The molecule has 72 valence electrons. The van der Waals surface area contributed by atoms with Gasteiger partial charge in [0.25, 0.3) is 0 Å². The minimum atomic E-state index is -0.948. The van der Waals surface area contributed by atoms with Gasteiger partial charge in [-0.15, -0.1) is 0 Å². The number of aromatic carboxylic acids is 1. The van der Waals surface area contributed by atoms with Crippen molar-refractivity contribution in [1.29, 1.82) is 0 Å². The molecule has 14 heavy (non-hydrogen) atoms. The number of nitrogens with zero attached hydrogens (tertiary/aromatic N) is 1. The average molecular weight is 191 g/mol. The lowest BCUT2D eigenvalue weighted by Gasteiger charge is -2.02. The van der Waals surface area contributed by atoms with Crippen LogP contribution in [0.2, 0.25) is 0 Å². The Bertz CT molecular complexity index is 423. The van der Waals surface area contributed by atoms with Crippen LogP contribution in [-0.4, -0.2) is 27.8 Å². The Kier molecular flexibility index (Phi) is 2.05. The quantitative estimate of drug-likeness (QED) is 0.722. The van der Waals surface area contributed by atoms with E-state index in [0.29, 0.717) is 17.7 Å². The van der Waals surface area contributed by atoms with Gasteiger partial charge in [0.1, 0.15) is 0 Å². The van der Waals surface area contributed by atoms with Crippen molar-refractivity contribution in [3.8, 4) is 0 Å². The highest BCUT2D eigenvalue weighted by Gasteiger charge is 2.19. The number of carboxylic acid groups (broad SMARTS) is 1. The summed E-state index contributed by atoms with van der Waals surface area (Å²) in [7, 11) is 0. The molecule has 0 radical (unpaired) electrons. The van der Waals surface area contributed by atoms with E-state index < -0.39 is 5.97 Å². The van der Waals surface area contributed by atoms with Crippen LogP contribution in [0.25, 0.3) is 6.08 Å². The van der Waals surface area contributed by atoms with Crippen molar-refractivity contribution in [3.63, 3.8) is 0 Å². The number of rotatable bonds is 2. The zero-order chi connectivity index (χ0) is 10.1. The first-order valence-corrected chi connectivity index (χ1v) is 4.24. The van der Waals surface area contributed by atoms with Gasteiger partial charge in [-0.2, -0.15) is 0 Å². The molecule has 0 spiro atoms. The summed E-state index contributed by atoms with van der Waals surface area (Å²) >= 11 is 0. The smallest absolute Gasteiger partial charge is 0.336 e. The number of aromatic nitrogens is 1. The van der Waals surface area contributed by atoms with Gasteiger partial charge in [0, 0.05) is 6.20 Å². The Morgan fingerprint density at radius 1 is 1.57 bits per heavy atom. The third-order valence-electron chi connectivity index (χ3n) is 2.27. The maximum Gasteiger partial charge on any atom is 0.336 e. The first kappa shape index (κ1) is 8.90. The van der Waals surface area contributed by atoms with Gasteiger partial charge in [0.15, 0.2) is 0 Å². The van der Waals surface area contributed by atoms with E-state index in [1.165, 1.54) is 12.3 Å². The summed E-state index contributed by atoms with van der Waals surface area (Å²) in [5.74, 6) is -0.948. The maximum atomic E-state index is 10.8. The fourth-order valence-electron chi connectivity index (χ4n) is 1.59. The zero-order valence-electron chi connectivity index (χ0n) is 7.40. The van der Waals surface area contributed by atoms with Gasteiger partial charge in [-0.05, 0) is 29.7 Å². The second kappa shape index (κ2) is 3.23. The van der Waals surface area contributed by atoms with Gasteiger partial charge >= 0.3 is 5.97 Å². The summed E-state index contributed by atoms with van der Waals surface area (Å²) in [4.78, 5) is 14.9. The minimum absolute atomic E-state index is 0.0462. The van der Waals surface area contributed by atoms with Crippen LogP contribution in [0.1, 0.15) is 21.6 Å². The number of hydrogen-bond donors (Lipinski definition) is 2. The molecule has 2 N–H and O–H groups in total. The Balaban J connectivity index is 2.48. The van der Waals surface area contributed by atoms with Gasteiger partial charge in [0.2, 0.25) is 0 Å². The predicted octanol–water partition coefficient (Wildman–Crippen LogP) is 0.712. The van der Waals surface area contributed by atoms with Gasteiger partial charge < -0.3 is 10.2 Å².